The molecule has 0 fully saturated rings. The Morgan fingerprint density at radius 1 is 1.18 bits per heavy atom. The average Bonchev–Trinajstić information content (AvgIpc) is 3.44. The molecule has 9 nitrogen and oxygen atoms in total. The molecule has 0 saturated heterocycles. The number of amides is 2. The van der Waals surface area contributed by atoms with Crippen molar-refractivity contribution in [2.24, 2.45) is 0 Å². The number of fused-ring (bicyclic) bond motifs is 3. The van der Waals surface area contributed by atoms with Gasteiger partial charge in [-0.1, -0.05) is 6.07 Å². The number of pyridine rings is 1. The first kappa shape index (κ1) is 27.0. The third-order valence-electron chi connectivity index (χ3n) is 6.58. The highest BCUT2D eigenvalue weighted by Crippen LogP contribution is 2.44. The lowest BCUT2D eigenvalue weighted by Gasteiger charge is -2.35. The number of rotatable bonds is 5. The summed E-state index contributed by atoms with van der Waals surface area (Å²) in [6.07, 6.45) is -7.25. The normalized spacial score (nSPS) is 18.1. The summed E-state index contributed by atoms with van der Waals surface area (Å²) in [5.74, 6) is -1.97. The van der Waals surface area contributed by atoms with Crippen molar-refractivity contribution in [2.45, 2.75) is 37.2 Å². The Hall–Kier alpha value is -4.61. The number of nitrogens with one attached hydrogen (secondary N) is 2. The maximum atomic E-state index is 13.4. The maximum Gasteiger partial charge on any atom is 0.422 e. The number of hydrogen-bond acceptors (Lipinski definition) is 6. The van der Waals surface area contributed by atoms with E-state index in [-0.39, 0.29) is 34.8 Å². The van der Waals surface area contributed by atoms with E-state index in [0.717, 1.165) is 4.68 Å². The monoisotopic (exact) mass is 564 g/mol. The molecule has 208 valence electrons. The number of nitriles is 1. The molecule has 3 heterocycles. The maximum absolute atomic E-state index is 13.4. The highest BCUT2D eigenvalue weighted by atomic mass is 19.4. The highest BCUT2D eigenvalue weighted by Gasteiger charge is 2.47. The Morgan fingerprint density at radius 3 is 2.60 bits per heavy atom. The second-order valence-electron chi connectivity index (χ2n) is 9.33. The van der Waals surface area contributed by atoms with Gasteiger partial charge >= 0.3 is 12.4 Å². The fourth-order valence-electron chi connectivity index (χ4n) is 4.95. The third kappa shape index (κ3) is 5.16. The van der Waals surface area contributed by atoms with E-state index in [2.05, 4.69) is 15.4 Å². The molecule has 1 aliphatic heterocycles. The van der Waals surface area contributed by atoms with Crippen LogP contribution in [-0.4, -0.2) is 52.1 Å². The minimum Gasteiger partial charge on any atom is -0.484 e. The molecule has 2 N–H and O–H groups in total. The number of aryl methyl sites for hydroxylation is 1. The van der Waals surface area contributed by atoms with Crippen LogP contribution >= 0.6 is 0 Å². The Balaban J connectivity index is 1.53. The molecule has 1 spiro atoms. The Morgan fingerprint density at radius 2 is 1.95 bits per heavy atom. The number of aromatic nitrogens is 3. The van der Waals surface area contributed by atoms with Gasteiger partial charge in [-0.05, 0) is 48.2 Å². The van der Waals surface area contributed by atoms with E-state index < -0.39 is 48.6 Å². The molecule has 2 amide bonds. The van der Waals surface area contributed by atoms with Crippen molar-refractivity contribution in [2.75, 3.05) is 13.2 Å². The predicted molar refractivity (Wildman–Crippen MR) is 124 cm³/mol. The lowest BCUT2D eigenvalue weighted by Crippen LogP contribution is -2.50. The lowest BCUT2D eigenvalue weighted by atomic mass is 9.82. The van der Waals surface area contributed by atoms with E-state index in [1.807, 2.05) is 6.07 Å². The molecule has 0 radical (unpaired) electrons. The summed E-state index contributed by atoms with van der Waals surface area (Å²) in [5, 5.41) is 18.0. The zero-order valence-corrected chi connectivity index (χ0v) is 20.3. The van der Waals surface area contributed by atoms with Crippen LogP contribution in [0.2, 0.25) is 0 Å². The SMILES string of the molecule is N#Cc1ccc(-n2nc3c(c2C(=O)NCC(F)(F)F)C(=O)N[C@]2(CCc4cc(OCC(F)(F)F)ccc42)C3)nc1. The summed E-state index contributed by atoms with van der Waals surface area (Å²) in [4.78, 5) is 30.4. The van der Waals surface area contributed by atoms with Crippen LogP contribution in [0.3, 0.4) is 0 Å². The van der Waals surface area contributed by atoms with Crippen molar-refractivity contribution in [1.29, 1.82) is 5.26 Å². The van der Waals surface area contributed by atoms with Crippen molar-refractivity contribution in [1.82, 2.24) is 25.4 Å². The topological polar surface area (TPSA) is 122 Å². The quantitative estimate of drug-likeness (QED) is 0.458. The number of hydrogen-bond donors (Lipinski definition) is 2. The molecule has 2 aromatic heterocycles. The number of carbonyl (C=O) groups is 2. The Bertz CT molecular complexity index is 1540. The van der Waals surface area contributed by atoms with Gasteiger partial charge in [0.1, 0.15) is 24.1 Å². The summed E-state index contributed by atoms with van der Waals surface area (Å²) in [5.41, 5.74) is -0.120. The molecule has 2 aliphatic rings. The van der Waals surface area contributed by atoms with Gasteiger partial charge in [-0.3, -0.25) is 9.59 Å². The van der Waals surface area contributed by atoms with Crippen molar-refractivity contribution >= 4 is 11.8 Å². The highest BCUT2D eigenvalue weighted by molar-refractivity contribution is 6.08. The average molecular weight is 564 g/mol. The van der Waals surface area contributed by atoms with E-state index in [4.69, 9.17) is 10.00 Å². The van der Waals surface area contributed by atoms with Gasteiger partial charge in [0.25, 0.3) is 11.8 Å². The smallest absolute Gasteiger partial charge is 0.422 e. The Kier molecular flexibility index (Phi) is 6.43. The molecule has 1 aliphatic carbocycles. The van der Waals surface area contributed by atoms with Crippen LogP contribution in [0.1, 0.15) is 49.7 Å². The summed E-state index contributed by atoms with van der Waals surface area (Å²) < 4.78 is 82.0. The molecule has 0 bridgehead atoms. The first-order valence-electron chi connectivity index (χ1n) is 11.8. The van der Waals surface area contributed by atoms with Crippen molar-refractivity contribution < 1.29 is 40.7 Å². The fraction of sp³-hybridized carbons (Fsp3) is 0.320. The van der Waals surface area contributed by atoms with Gasteiger partial charge < -0.3 is 15.4 Å². The molecule has 15 heteroatoms. The first-order valence-corrected chi connectivity index (χ1v) is 11.8. The first-order chi connectivity index (χ1) is 18.8. The van der Waals surface area contributed by atoms with Crippen molar-refractivity contribution in [3.05, 3.63) is 70.2 Å². The van der Waals surface area contributed by atoms with Crippen LogP contribution in [0.15, 0.2) is 36.5 Å². The predicted octanol–water partition coefficient (Wildman–Crippen LogP) is 3.50. The van der Waals surface area contributed by atoms with Gasteiger partial charge in [0.05, 0.1) is 22.4 Å². The van der Waals surface area contributed by atoms with Crippen LogP contribution < -0.4 is 15.4 Å². The molecule has 1 aromatic carbocycles. The standard InChI is InChI=1S/C25H18F6N6O3/c26-24(27,28)11-34-22(39)20-19-17(36-37(20)18-4-1-13(9-32)10-33-18)8-23(35-21(19)38)6-5-14-7-15(2-3-16(14)23)40-12-25(29,30)31/h1-4,7,10H,5-6,8,11-12H2,(H,34,39)(H,35,38)/t23-/m1/s1. The zero-order chi connectivity index (χ0) is 28.9. The van der Waals surface area contributed by atoms with E-state index in [1.54, 1.807) is 11.4 Å². The van der Waals surface area contributed by atoms with Crippen molar-refractivity contribution in [3.63, 3.8) is 0 Å². The fourth-order valence-corrected chi connectivity index (χ4v) is 4.95. The largest absolute Gasteiger partial charge is 0.484 e. The van der Waals surface area contributed by atoms with Gasteiger partial charge in [0.15, 0.2) is 12.4 Å². The van der Waals surface area contributed by atoms with E-state index >= 15 is 0 Å². The summed E-state index contributed by atoms with van der Waals surface area (Å²) in [7, 11) is 0. The number of carbonyl (C=O) groups excluding carboxylic acids is 2. The van der Waals surface area contributed by atoms with Crippen LogP contribution in [0.4, 0.5) is 26.3 Å². The number of benzene rings is 1. The number of halogens is 6. The molecule has 5 rings (SSSR count). The number of nitrogens with zero attached hydrogens (tertiary/aromatic N) is 4. The molecule has 0 saturated carbocycles. The van der Waals surface area contributed by atoms with Crippen LogP contribution in [0.25, 0.3) is 5.82 Å². The number of alkyl halides is 6. The Labute approximate surface area is 221 Å². The van der Waals surface area contributed by atoms with Crippen LogP contribution in [0.5, 0.6) is 5.75 Å². The zero-order valence-electron chi connectivity index (χ0n) is 20.3. The van der Waals surface area contributed by atoms with Gasteiger partial charge in [0, 0.05) is 12.6 Å². The molecule has 0 unspecified atom stereocenters. The van der Waals surface area contributed by atoms with Crippen molar-refractivity contribution in [3.8, 4) is 17.6 Å². The molecular formula is C25H18F6N6O3. The van der Waals surface area contributed by atoms with Crippen LogP contribution in [0, 0.1) is 11.3 Å². The molecular weight excluding hydrogens is 546 g/mol. The van der Waals surface area contributed by atoms with Gasteiger partial charge in [-0.15, -0.1) is 0 Å². The minimum atomic E-state index is -4.71. The van der Waals surface area contributed by atoms with Gasteiger partial charge in [0.2, 0.25) is 0 Å². The molecule has 40 heavy (non-hydrogen) atoms. The molecule has 1 atom stereocenters. The second-order valence-corrected chi connectivity index (χ2v) is 9.33. The third-order valence-corrected chi connectivity index (χ3v) is 6.58. The summed E-state index contributed by atoms with van der Waals surface area (Å²) >= 11 is 0. The minimum absolute atomic E-state index is 0.00862. The van der Waals surface area contributed by atoms with E-state index in [0.29, 0.717) is 24.0 Å². The van der Waals surface area contributed by atoms with E-state index in [9.17, 15) is 35.9 Å². The van der Waals surface area contributed by atoms with Gasteiger partial charge in [-0.2, -0.15) is 36.7 Å². The second kappa shape index (κ2) is 9.54. The number of ether oxygens (including phenoxy) is 1. The summed E-state index contributed by atoms with van der Waals surface area (Å²) in [6.45, 7) is -3.11. The van der Waals surface area contributed by atoms with E-state index in [1.165, 1.54) is 30.5 Å². The van der Waals surface area contributed by atoms with Gasteiger partial charge in [-0.25, -0.2) is 9.67 Å². The lowest BCUT2D eigenvalue weighted by molar-refractivity contribution is -0.153. The van der Waals surface area contributed by atoms with Crippen LogP contribution in [-0.2, 0) is 18.4 Å². The summed E-state index contributed by atoms with van der Waals surface area (Å²) in [6, 6.07) is 8.94. The molecule has 3 aromatic rings.